The van der Waals surface area contributed by atoms with Crippen LogP contribution in [0.1, 0.15) is 19.3 Å². The van der Waals surface area contributed by atoms with E-state index in [9.17, 15) is 0 Å². The van der Waals surface area contributed by atoms with Gasteiger partial charge >= 0.3 is 0 Å². The summed E-state index contributed by atoms with van der Waals surface area (Å²) in [6, 6.07) is 0. The maximum Gasteiger partial charge on any atom is 0.0159 e. The van der Waals surface area contributed by atoms with Crippen LogP contribution in [0.2, 0.25) is 0 Å². The van der Waals surface area contributed by atoms with Crippen molar-refractivity contribution in [1.82, 2.24) is 10.4 Å². The molecular weight excluding hydrogens is 183 g/mol. The first-order valence-electron chi connectivity index (χ1n) is 3.93. The van der Waals surface area contributed by atoms with Gasteiger partial charge in [-0.25, -0.2) is 5.01 Å². The van der Waals surface area contributed by atoms with Gasteiger partial charge in [0.15, 0.2) is 0 Å². The lowest BCUT2D eigenvalue weighted by Crippen LogP contribution is -2.50. The number of halogens is 2. The van der Waals surface area contributed by atoms with Gasteiger partial charge in [-0.2, -0.15) is 0 Å². The predicted octanol–water partition coefficient (Wildman–Crippen LogP) is 1.45. The minimum Gasteiger partial charge on any atom is -0.255 e. The van der Waals surface area contributed by atoms with Crippen molar-refractivity contribution in [2.75, 3.05) is 19.6 Å². The average molecular weight is 199 g/mol. The van der Waals surface area contributed by atoms with Crippen LogP contribution >= 0.6 is 24.8 Å². The van der Waals surface area contributed by atoms with Crippen molar-refractivity contribution in [3.63, 3.8) is 0 Å². The van der Waals surface area contributed by atoms with E-state index in [4.69, 9.17) is 0 Å². The molecule has 2 aliphatic heterocycles. The van der Waals surface area contributed by atoms with Crippen molar-refractivity contribution >= 4 is 24.8 Å². The van der Waals surface area contributed by atoms with E-state index < -0.39 is 0 Å². The molecule has 2 unspecified atom stereocenters. The number of hydrazine groups is 1. The molecule has 2 rings (SSSR count). The topological polar surface area (TPSA) is 15.3 Å². The fourth-order valence-corrected chi connectivity index (χ4v) is 1.87. The van der Waals surface area contributed by atoms with Crippen molar-refractivity contribution in [1.29, 1.82) is 0 Å². The molecule has 2 aliphatic rings. The van der Waals surface area contributed by atoms with E-state index in [-0.39, 0.29) is 24.8 Å². The summed E-state index contributed by atoms with van der Waals surface area (Å²) in [4.78, 5) is 0. The molecule has 4 heteroatoms. The molecule has 0 aromatic rings. The standard InChI is InChI=1S/C7H14N2.2ClH/c1-2-7-3-4-8-9(5-1)6-7;;/h7-8H,1-6H2;2*1H. The Morgan fingerprint density at radius 1 is 1.18 bits per heavy atom. The van der Waals surface area contributed by atoms with Gasteiger partial charge < -0.3 is 0 Å². The van der Waals surface area contributed by atoms with Crippen LogP contribution in [0, 0.1) is 5.92 Å². The third kappa shape index (κ3) is 2.79. The van der Waals surface area contributed by atoms with Gasteiger partial charge in [-0.15, -0.1) is 24.8 Å². The fraction of sp³-hybridized carbons (Fsp3) is 1.00. The molecule has 11 heavy (non-hydrogen) atoms. The second-order valence-corrected chi connectivity index (χ2v) is 3.15. The molecule has 0 aromatic heterocycles. The largest absolute Gasteiger partial charge is 0.255 e. The summed E-state index contributed by atoms with van der Waals surface area (Å²) in [6.07, 6.45) is 4.27. The normalized spacial score (nSPS) is 34.9. The maximum absolute atomic E-state index is 3.38. The van der Waals surface area contributed by atoms with Gasteiger partial charge in [0, 0.05) is 19.6 Å². The van der Waals surface area contributed by atoms with Gasteiger partial charge in [-0.3, -0.25) is 5.43 Å². The Balaban J connectivity index is 0.000000500. The van der Waals surface area contributed by atoms with E-state index in [0.717, 1.165) is 5.92 Å². The zero-order chi connectivity index (χ0) is 6.10. The Bertz CT molecular complexity index is 90.6. The van der Waals surface area contributed by atoms with Gasteiger partial charge in [-0.1, -0.05) is 0 Å². The van der Waals surface area contributed by atoms with E-state index in [1.807, 2.05) is 0 Å². The molecule has 2 saturated heterocycles. The van der Waals surface area contributed by atoms with Gasteiger partial charge in [0.1, 0.15) is 0 Å². The van der Waals surface area contributed by atoms with E-state index in [1.165, 1.54) is 38.9 Å². The number of nitrogens with zero attached hydrogens (tertiary/aromatic N) is 1. The highest BCUT2D eigenvalue weighted by Crippen LogP contribution is 2.20. The van der Waals surface area contributed by atoms with Crippen molar-refractivity contribution in [2.45, 2.75) is 19.3 Å². The summed E-state index contributed by atoms with van der Waals surface area (Å²) in [6.45, 7) is 3.79. The number of nitrogens with one attached hydrogen (secondary N) is 1. The zero-order valence-corrected chi connectivity index (χ0v) is 8.22. The molecule has 2 bridgehead atoms. The smallest absolute Gasteiger partial charge is 0.0159 e. The van der Waals surface area contributed by atoms with E-state index in [0.29, 0.717) is 0 Å². The van der Waals surface area contributed by atoms with Gasteiger partial charge in [0.05, 0.1) is 0 Å². The van der Waals surface area contributed by atoms with Crippen LogP contribution in [-0.4, -0.2) is 24.6 Å². The Morgan fingerprint density at radius 2 is 2.00 bits per heavy atom. The summed E-state index contributed by atoms with van der Waals surface area (Å²) >= 11 is 0. The molecule has 0 spiro atoms. The third-order valence-electron chi connectivity index (χ3n) is 2.41. The highest BCUT2D eigenvalue weighted by molar-refractivity contribution is 5.85. The number of rotatable bonds is 0. The highest BCUT2D eigenvalue weighted by atomic mass is 35.5. The highest BCUT2D eigenvalue weighted by Gasteiger charge is 2.22. The number of hydrogen-bond acceptors (Lipinski definition) is 2. The summed E-state index contributed by atoms with van der Waals surface area (Å²) < 4.78 is 0. The summed E-state index contributed by atoms with van der Waals surface area (Å²) in [5.41, 5.74) is 3.38. The second kappa shape index (κ2) is 5.20. The van der Waals surface area contributed by atoms with Gasteiger partial charge in [0.25, 0.3) is 0 Å². The van der Waals surface area contributed by atoms with Gasteiger partial charge in [-0.05, 0) is 25.2 Å². The van der Waals surface area contributed by atoms with Crippen LogP contribution in [-0.2, 0) is 0 Å². The Kier molecular flexibility index (Phi) is 5.44. The Morgan fingerprint density at radius 3 is 2.64 bits per heavy atom. The van der Waals surface area contributed by atoms with E-state index >= 15 is 0 Å². The first kappa shape index (κ1) is 11.5. The van der Waals surface area contributed by atoms with E-state index in [1.54, 1.807) is 0 Å². The first-order chi connectivity index (χ1) is 4.45. The lowest BCUT2D eigenvalue weighted by atomic mass is 9.94. The lowest BCUT2D eigenvalue weighted by molar-refractivity contribution is 0.0707. The average Bonchev–Trinajstić information content (AvgIpc) is 1.88. The molecule has 0 aromatic carbocycles. The number of fused-ring (bicyclic) bond motifs is 2. The number of hydrogen-bond donors (Lipinski definition) is 1. The molecule has 2 atom stereocenters. The van der Waals surface area contributed by atoms with E-state index in [2.05, 4.69) is 10.4 Å². The summed E-state index contributed by atoms with van der Waals surface area (Å²) in [7, 11) is 0. The van der Waals surface area contributed by atoms with Crippen LogP contribution in [0.25, 0.3) is 0 Å². The minimum atomic E-state index is 0. The SMILES string of the molecule is C1CC2CCNN(C1)C2.Cl.Cl. The Labute approximate surface area is 80.5 Å². The van der Waals surface area contributed by atoms with Crippen molar-refractivity contribution in [3.05, 3.63) is 0 Å². The molecule has 0 saturated carbocycles. The number of piperidine rings is 1. The van der Waals surface area contributed by atoms with Crippen LogP contribution in [0.4, 0.5) is 0 Å². The molecule has 1 N–H and O–H groups in total. The van der Waals surface area contributed by atoms with Crippen LogP contribution in [0.15, 0.2) is 0 Å². The van der Waals surface area contributed by atoms with Crippen molar-refractivity contribution in [3.8, 4) is 0 Å². The molecule has 68 valence electrons. The first-order valence-corrected chi connectivity index (χ1v) is 3.93. The lowest BCUT2D eigenvalue weighted by Gasteiger charge is -2.37. The van der Waals surface area contributed by atoms with Gasteiger partial charge in [0.2, 0.25) is 0 Å². The molecule has 0 amide bonds. The third-order valence-corrected chi connectivity index (χ3v) is 2.41. The van der Waals surface area contributed by atoms with Crippen LogP contribution in [0.5, 0.6) is 0 Å². The Hall–Kier alpha value is 0.500. The second-order valence-electron chi connectivity index (χ2n) is 3.15. The predicted molar refractivity (Wildman–Crippen MR) is 51.4 cm³/mol. The van der Waals surface area contributed by atoms with Crippen molar-refractivity contribution < 1.29 is 0 Å². The fourth-order valence-electron chi connectivity index (χ4n) is 1.87. The maximum atomic E-state index is 3.38. The summed E-state index contributed by atoms with van der Waals surface area (Å²) in [5, 5.41) is 2.37. The van der Waals surface area contributed by atoms with Crippen molar-refractivity contribution in [2.24, 2.45) is 5.92 Å². The molecule has 2 heterocycles. The molecule has 2 nitrogen and oxygen atoms in total. The molecule has 2 fully saturated rings. The summed E-state index contributed by atoms with van der Waals surface area (Å²) in [5.74, 6) is 1.01. The monoisotopic (exact) mass is 198 g/mol. The zero-order valence-electron chi connectivity index (χ0n) is 6.58. The molecule has 0 radical (unpaired) electrons. The molecular formula is C7H16Cl2N2. The quantitative estimate of drug-likeness (QED) is 0.635. The van der Waals surface area contributed by atoms with Crippen LogP contribution < -0.4 is 5.43 Å². The van der Waals surface area contributed by atoms with Crippen LogP contribution in [0.3, 0.4) is 0 Å². The minimum absolute atomic E-state index is 0. The molecule has 0 aliphatic carbocycles.